The first kappa shape index (κ1) is 10.8. The summed E-state index contributed by atoms with van der Waals surface area (Å²) in [6, 6.07) is 8.37. The molecule has 2 aromatic rings. The number of fused-ring (bicyclic) bond motifs is 1. The molecule has 1 heterocycles. The third kappa shape index (κ3) is 1.67. The summed E-state index contributed by atoms with van der Waals surface area (Å²) in [4.78, 5) is 0. The molecule has 1 aliphatic rings. The Hall–Kier alpha value is -1.28. The number of aryl methyl sites for hydroxylation is 1. The highest BCUT2D eigenvalue weighted by molar-refractivity contribution is 5.82. The van der Waals surface area contributed by atoms with Crippen LogP contribution in [0.1, 0.15) is 37.6 Å². The predicted molar refractivity (Wildman–Crippen MR) is 69.8 cm³/mol. The molecule has 1 fully saturated rings. The second-order valence-corrected chi connectivity index (χ2v) is 5.19. The van der Waals surface area contributed by atoms with Crippen LogP contribution in [0.25, 0.3) is 11.0 Å². The first-order valence-corrected chi connectivity index (χ1v) is 6.48. The highest BCUT2D eigenvalue weighted by atomic mass is 16.3. The number of benzene rings is 1. The summed E-state index contributed by atoms with van der Waals surface area (Å²) in [5.74, 6) is 2.47. The van der Waals surface area contributed by atoms with Gasteiger partial charge < -0.3 is 10.2 Å². The Morgan fingerprint density at radius 2 is 2.12 bits per heavy atom. The maximum atomic E-state index is 6.42. The molecule has 1 aromatic heterocycles. The van der Waals surface area contributed by atoms with Crippen LogP contribution >= 0.6 is 0 Å². The van der Waals surface area contributed by atoms with Gasteiger partial charge in [-0.2, -0.15) is 0 Å². The standard InChI is InChI=1S/C15H19NO/c1-3-12-14(15(16)11-8-9(11)2)10-6-4-5-7-13(10)17-12/h4-7,9,11,15H,3,8,16H2,1-2H3. The fourth-order valence-corrected chi connectivity index (χ4v) is 2.81. The van der Waals surface area contributed by atoms with Crippen molar-refractivity contribution in [3.8, 4) is 0 Å². The molecule has 2 nitrogen and oxygen atoms in total. The first-order chi connectivity index (χ1) is 8.22. The van der Waals surface area contributed by atoms with Gasteiger partial charge >= 0.3 is 0 Å². The van der Waals surface area contributed by atoms with Gasteiger partial charge in [0.05, 0.1) is 0 Å². The highest BCUT2D eigenvalue weighted by Crippen LogP contribution is 2.48. The van der Waals surface area contributed by atoms with E-state index in [1.807, 2.05) is 12.1 Å². The molecule has 17 heavy (non-hydrogen) atoms. The summed E-state index contributed by atoms with van der Waals surface area (Å²) in [6.45, 7) is 4.41. The number of hydrogen-bond acceptors (Lipinski definition) is 2. The van der Waals surface area contributed by atoms with Crippen LogP contribution in [0.15, 0.2) is 28.7 Å². The van der Waals surface area contributed by atoms with Gasteiger partial charge in [0.15, 0.2) is 0 Å². The molecule has 1 aromatic carbocycles. The van der Waals surface area contributed by atoms with Crippen LogP contribution < -0.4 is 5.73 Å². The van der Waals surface area contributed by atoms with Crippen molar-refractivity contribution in [3.63, 3.8) is 0 Å². The molecule has 0 radical (unpaired) electrons. The lowest BCUT2D eigenvalue weighted by molar-refractivity contribution is 0.523. The molecule has 1 saturated carbocycles. The van der Waals surface area contributed by atoms with Gasteiger partial charge in [-0.3, -0.25) is 0 Å². The molecular formula is C15H19NO. The van der Waals surface area contributed by atoms with E-state index in [4.69, 9.17) is 10.2 Å². The Morgan fingerprint density at radius 3 is 2.76 bits per heavy atom. The van der Waals surface area contributed by atoms with E-state index in [0.29, 0.717) is 5.92 Å². The van der Waals surface area contributed by atoms with Crippen molar-refractivity contribution in [1.82, 2.24) is 0 Å². The SMILES string of the molecule is CCc1oc2ccccc2c1C(N)C1CC1C. The Bertz CT molecular complexity index is 543. The van der Waals surface area contributed by atoms with Crippen molar-refractivity contribution in [3.05, 3.63) is 35.6 Å². The molecule has 2 heteroatoms. The van der Waals surface area contributed by atoms with Gasteiger partial charge in [-0.25, -0.2) is 0 Å². The number of furan rings is 1. The minimum atomic E-state index is 0.142. The molecule has 0 amide bonds. The Balaban J connectivity index is 2.12. The van der Waals surface area contributed by atoms with Crippen LogP contribution in [0, 0.1) is 11.8 Å². The lowest BCUT2D eigenvalue weighted by atomic mass is 9.98. The fraction of sp³-hybridized carbons (Fsp3) is 0.467. The van der Waals surface area contributed by atoms with E-state index in [1.165, 1.54) is 17.4 Å². The Kier molecular flexibility index (Phi) is 2.48. The monoisotopic (exact) mass is 229 g/mol. The molecule has 0 spiro atoms. The van der Waals surface area contributed by atoms with E-state index >= 15 is 0 Å². The van der Waals surface area contributed by atoms with Gasteiger partial charge in [0.1, 0.15) is 11.3 Å². The quantitative estimate of drug-likeness (QED) is 0.872. The summed E-state index contributed by atoms with van der Waals surface area (Å²) in [5, 5.41) is 1.20. The highest BCUT2D eigenvalue weighted by Gasteiger charge is 2.40. The summed E-state index contributed by atoms with van der Waals surface area (Å²) in [7, 11) is 0. The zero-order valence-corrected chi connectivity index (χ0v) is 10.4. The average molecular weight is 229 g/mol. The number of hydrogen-bond donors (Lipinski definition) is 1. The van der Waals surface area contributed by atoms with Crippen LogP contribution in [-0.2, 0) is 6.42 Å². The topological polar surface area (TPSA) is 39.2 Å². The third-order valence-corrected chi connectivity index (χ3v) is 4.00. The smallest absolute Gasteiger partial charge is 0.134 e. The van der Waals surface area contributed by atoms with Crippen molar-refractivity contribution in [2.75, 3.05) is 0 Å². The maximum absolute atomic E-state index is 6.42. The third-order valence-electron chi connectivity index (χ3n) is 4.00. The van der Waals surface area contributed by atoms with Crippen LogP contribution in [-0.4, -0.2) is 0 Å². The summed E-state index contributed by atoms with van der Waals surface area (Å²) >= 11 is 0. The van der Waals surface area contributed by atoms with Crippen molar-refractivity contribution in [1.29, 1.82) is 0 Å². The van der Waals surface area contributed by atoms with Crippen molar-refractivity contribution >= 4 is 11.0 Å². The van der Waals surface area contributed by atoms with Gasteiger partial charge in [-0.15, -0.1) is 0 Å². The van der Waals surface area contributed by atoms with E-state index in [2.05, 4.69) is 26.0 Å². The van der Waals surface area contributed by atoms with Gasteiger partial charge in [0.25, 0.3) is 0 Å². The molecule has 0 bridgehead atoms. The first-order valence-electron chi connectivity index (χ1n) is 6.48. The van der Waals surface area contributed by atoms with Crippen LogP contribution in [0.4, 0.5) is 0 Å². The van der Waals surface area contributed by atoms with Crippen molar-refractivity contribution in [2.45, 2.75) is 32.7 Å². The molecule has 0 saturated heterocycles. The Labute approximate surface area is 102 Å². The van der Waals surface area contributed by atoms with Crippen LogP contribution in [0.2, 0.25) is 0 Å². The van der Waals surface area contributed by atoms with Crippen LogP contribution in [0.3, 0.4) is 0 Å². The zero-order valence-electron chi connectivity index (χ0n) is 10.4. The molecule has 1 aliphatic carbocycles. The zero-order chi connectivity index (χ0) is 12.0. The molecule has 0 aliphatic heterocycles. The van der Waals surface area contributed by atoms with E-state index in [1.54, 1.807) is 0 Å². The summed E-state index contributed by atoms with van der Waals surface area (Å²) in [5.41, 5.74) is 8.64. The lowest BCUT2D eigenvalue weighted by Crippen LogP contribution is -2.14. The predicted octanol–water partition coefficient (Wildman–Crippen LogP) is 3.65. The number of rotatable bonds is 3. The van der Waals surface area contributed by atoms with Gasteiger partial charge in [0, 0.05) is 23.4 Å². The van der Waals surface area contributed by atoms with E-state index in [9.17, 15) is 0 Å². The second-order valence-electron chi connectivity index (χ2n) is 5.19. The van der Waals surface area contributed by atoms with Gasteiger partial charge in [0.2, 0.25) is 0 Å². The minimum absolute atomic E-state index is 0.142. The largest absolute Gasteiger partial charge is 0.461 e. The number of para-hydroxylation sites is 1. The number of nitrogens with two attached hydrogens (primary N) is 1. The van der Waals surface area contributed by atoms with E-state index in [0.717, 1.165) is 23.7 Å². The van der Waals surface area contributed by atoms with Crippen molar-refractivity contribution < 1.29 is 4.42 Å². The molecule has 3 atom stereocenters. The average Bonchev–Trinajstić information content (AvgIpc) is 2.95. The molecule has 3 unspecified atom stereocenters. The summed E-state index contributed by atoms with van der Waals surface area (Å²) < 4.78 is 5.90. The van der Waals surface area contributed by atoms with Gasteiger partial charge in [-0.05, 0) is 24.3 Å². The van der Waals surface area contributed by atoms with E-state index < -0.39 is 0 Å². The van der Waals surface area contributed by atoms with Crippen LogP contribution in [0.5, 0.6) is 0 Å². The fourth-order valence-electron chi connectivity index (χ4n) is 2.81. The van der Waals surface area contributed by atoms with Crippen molar-refractivity contribution in [2.24, 2.45) is 17.6 Å². The Morgan fingerprint density at radius 1 is 1.41 bits per heavy atom. The normalized spacial score (nSPS) is 25.1. The molecular weight excluding hydrogens is 210 g/mol. The van der Waals surface area contributed by atoms with E-state index in [-0.39, 0.29) is 6.04 Å². The summed E-state index contributed by atoms with van der Waals surface area (Å²) in [6.07, 6.45) is 2.17. The molecule has 2 N–H and O–H groups in total. The minimum Gasteiger partial charge on any atom is -0.461 e. The maximum Gasteiger partial charge on any atom is 0.134 e. The molecule has 3 rings (SSSR count). The lowest BCUT2D eigenvalue weighted by Gasteiger charge is -2.11. The molecule has 90 valence electrons. The van der Waals surface area contributed by atoms with Gasteiger partial charge in [-0.1, -0.05) is 32.0 Å². The second kappa shape index (κ2) is 3.88.